The predicted octanol–water partition coefficient (Wildman–Crippen LogP) is 3.58. The van der Waals surface area contributed by atoms with Gasteiger partial charge in [-0.05, 0) is 31.7 Å². The van der Waals surface area contributed by atoms with Crippen molar-refractivity contribution < 1.29 is 4.79 Å². The molecule has 1 aromatic heterocycles. The number of carbonyl (C=O) groups is 1. The number of aryl methyl sites for hydroxylation is 1. The summed E-state index contributed by atoms with van der Waals surface area (Å²) in [6.07, 6.45) is 4.80. The van der Waals surface area contributed by atoms with E-state index in [1.54, 1.807) is 0 Å². The van der Waals surface area contributed by atoms with E-state index in [0.717, 1.165) is 23.0 Å². The molecule has 0 aliphatic heterocycles. The summed E-state index contributed by atoms with van der Waals surface area (Å²) in [5.41, 5.74) is 2.23. The molecule has 1 amide bonds. The first kappa shape index (κ1) is 18.0. The molecule has 2 aromatic rings. The third kappa shape index (κ3) is 4.42. The van der Waals surface area contributed by atoms with Crippen LogP contribution in [-0.4, -0.2) is 32.5 Å². The van der Waals surface area contributed by atoms with Crippen molar-refractivity contribution in [2.24, 2.45) is 13.0 Å². The molecule has 1 aromatic carbocycles. The van der Waals surface area contributed by atoms with Gasteiger partial charge in [0.25, 0.3) is 0 Å². The Balaban J connectivity index is 1.59. The van der Waals surface area contributed by atoms with Gasteiger partial charge in [-0.15, -0.1) is 10.2 Å². The molecule has 2 atom stereocenters. The van der Waals surface area contributed by atoms with Gasteiger partial charge < -0.3 is 9.88 Å². The van der Waals surface area contributed by atoms with E-state index in [-0.39, 0.29) is 5.91 Å². The van der Waals surface area contributed by atoms with Crippen molar-refractivity contribution in [3.8, 4) is 11.4 Å². The normalized spacial score (nSPS) is 20.4. The standard InChI is InChI=1S/C19H26N4OS/c1-13-7-6-9-15(11-13)18-21-22-19(23(18)3)25-12-17(24)20-16-10-5-4-8-14(16)2/h6-7,9,11,14,16H,4-5,8,10,12H2,1-3H3,(H,20,24)/t14-,16+/m1/s1. The first-order chi connectivity index (χ1) is 12.0. The van der Waals surface area contributed by atoms with Gasteiger partial charge >= 0.3 is 0 Å². The maximum atomic E-state index is 12.3. The summed E-state index contributed by atoms with van der Waals surface area (Å²) in [4.78, 5) is 12.3. The first-order valence-corrected chi connectivity index (χ1v) is 9.91. The van der Waals surface area contributed by atoms with Gasteiger partial charge in [0.1, 0.15) is 0 Å². The van der Waals surface area contributed by atoms with Gasteiger partial charge in [0.2, 0.25) is 5.91 Å². The zero-order chi connectivity index (χ0) is 17.8. The molecule has 6 heteroatoms. The highest BCUT2D eigenvalue weighted by Gasteiger charge is 2.23. The smallest absolute Gasteiger partial charge is 0.230 e. The van der Waals surface area contributed by atoms with Gasteiger partial charge in [0.15, 0.2) is 11.0 Å². The molecule has 0 bridgehead atoms. The van der Waals surface area contributed by atoms with E-state index in [1.165, 1.54) is 36.6 Å². The van der Waals surface area contributed by atoms with E-state index in [0.29, 0.717) is 17.7 Å². The average Bonchev–Trinajstić information content (AvgIpc) is 2.96. The number of aromatic nitrogens is 3. The zero-order valence-electron chi connectivity index (χ0n) is 15.2. The van der Waals surface area contributed by atoms with Crippen LogP contribution in [0.15, 0.2) is 29.4 Å². The fourth-order valence-electron chi connectivity index (χ4n) is 3.39. The van der Waals surface area contributed by atoms with Crippen molar-refractivity contribution in [1.82, 2.24) is 20.1 Å². The summed E-state index contributed by atoms with van der Waals surface area (Å²) in [7, 11) is 1.95. The Morgan fingerprint density at radius 2 is 2.12 bits per heavy atom. The zero-order valence-corrected chi connectivity index (χ0v) is 16.0. The number of nitrogens with one attached hydrogen (secondary N) is 1. The average molecular weight is 359 g/mol. The lowest BCUT2D eigenvalue weighted by Crippen LogP contribution is -2.41. The molecule has 1 N–H and O–H groups in total. The van der Waals surface area contributed by atoms with Crippen molar-refractivity contribution in [1.29, 1.82) is 0 Å². The quantitative estimate of drug-likeness (QED) is 0.830. The Hall–Kier alpha value is -1.82. The third-order valence-electron chi connectivity index (χ3n) is 4.90. The molecule has 1 aliphatic carbocycles. The van der Waals surface area contributed by atoms with Gasteiger partial charge in [0, 0.05) is 18.7 Å². The van der Waals surface area contributed by atoms with Crippen LogP contribution in [0.25, 0.3) is 11.4 Å². The van der Waals surface area contributed by atoms with Crippen molar-refractivity contribution in [3.05, 3.63) is 29.8 Å². The summed E-state index contributed by atoms with van der Waals surface area (Å²) in [5, 5.41) is 12.5. The highest BCUT2D eigenvalue weighted by Crippen LogP contribution is 2.25. The lowest BCUT2D eigenvalue weighted by molar-refractivity contribution is -0.119. The fourth-order valence-corrected chi connectivity index (χ4v) is 4.11. The number of nitrogens with zero attached hydrogens (tertiary/aromatic N) is 3. The highest BCUT2D eigenvalue weighted by atomic mass is 32.2. The molecule has 25 heavy (non-hydrogen) atoms. The number of benzene rings is 1. The van der Waals surface area contributed by atoms with Crippen molar-refractivity contribution in [2.75, 3.05) is 5.75 Å². The van der Waals surface area contributed by atoms with Crippen molar-refractivity contribution in [3.63, 3.8) is 0 Å². The van der Waals surface area contributed by atoms with Gasteiger partial charge in [-0.25, -0.2) is 0 Å². The van der Waals surface area contributed by atoms with E-state index in [4.69, 9.17) is 0 Å². The Morgan fingerprint density at radius 1 is 1.32 bits per heavy atom. The number of carbonyl (C=O) groups excluding carboxylic acids is 1. The van der Waals surface area contributed by atoms with E-state index in [9.17, 15) is 4.79 Å². The predicted molar refractivity (Wildman–Crippen MR) is 101 cm³/mol. The summed E-state index contributed by atoms with van der Waals surface area (Å²) in [6, 6.07) is 8.53. The summed E-state index contributed by atoms with van der Waals surface area (Å²) < 4.78 is 1.95. The van der Waals surface area contributed by atoms with Crippen LogP contribution >= 0.6 is 11.8 Å². The van der Waals surface area contributed by atoms with Crippen LogP contribution in [0.4, 0.5) is 0 Å². The van der Waals surface area contributed by atoms with Crippen molar-refractivity contribution >= 4 is 17.7 Å². The monoisotopic (exact) mass is 358 g/mol. The first-order valence-electron chi connectivity index (χ1n) is 8.93. The largest absolute Gasteiger partial charge is 0.352 e. The molecule has 5 nitrogen and oxygen atoms in total. The molecule has 3 rings (SSSR count). The lowest BCUT2D eigenvalue weighted by Gasteiger charge is -2.29. The molecule has 1 heterocycles. The number of hydrogen-bond donors (Lipinski definition) is 1. The Morgan fingerprint density at radius 3 is 2.88 bits per heavy atom. The molecule has 0 spiro atoms. The third-order valence-corrected chi connectivity index (χ3v) is 5.92. The van der Waals surface area contributed by atoms with Crippen LogP contribution in [0.1, 0.15) is 38.2 Å². The number of rotatable bonds is 5. The Bertz CT molecular complexity index is 743. The molecule has 134 valence electrons. The second kappa shape index (κ2) is 8.04. The maximum Gasteiger partial charge on any atom is 0.230 e. The van der Waals surface area contributed by atoms with Gasteiger partial charge in [0.05, 0.1) is 5.75 Å². The molecule has 0 radical (unpaired) electrons. The summed E-state index contributed by atoms with van der Waals surface area (Å²) >= 11 is 1.44. The second-order valence-electron chi connectivity index (χ2n) is 6.96. The topological polar surface area (TPSA) is 59.8 Å². The van der Waals surface area contributed by atoms with Crippen LogP contribution in [0.5, 0.6) is 0 Å². The second-order valence-corrected chi connectivity index (χ2v) is 7.90. The molecule has 1 fully saturated rings. The van der Waals surface area contributed by atoms with Gasteiger partial charge in [-0.1, -0.05) is 55.3 Å². The fraction of sp³-hybridized carbons (Fsp3) is 0.526. The SMILES string of the molecule is Cc1cccc(-c2nnc(SCC(=O)N[C@H]3CCCC[C@H]3C)n2C)c1. The van der Waals surface area contributed by atoms with E-state index >= 15 is 0 Å². The lowest BCUT2D eigenvalue weighted by atomic mass is 9.86. The van der Waals surface area contributed by atoms with Gasteiger partial charge in [-0.2, -0.15) is 0 Å². The van der Waals surface area contributed by atoms with E-state index in [2.05, 4.69) is 41.5 Å². The maximum absolute atomic E-state index is 12.3. The number of amides is 1. The molecular formula is C19H26N4OS. The van der Waals surface area contributed by atoms with E-state index in [1.807, 2.05) is 23.7 Å². The van der Waals surface area contributed by atoms with Crippen molar-refractivity contribution in [2.45, 2.75) is 50.7 Å². The Labute approximate surface area is 153 Å². The molecule has 1 aliphatic rings. The molecular weight excluding hydrogens is 332 g/mol. The molecule has 0 unspecified atom stereocenters. The number of thioether (sulfide) groups is 1. The molecule has 1 saturated carbocycles. The molecule has 0 saturated heterocycles. The summed E-state index contributed by atoms with van der Waals surface area (Å²) in [5.74, 6) is 1.87. The van der Waals surface area contributed by atoms with Crippen LogP contribution in [0.3, 0.4) is 0 Å². The van der Waals surface area contributed by atoms with Crippen LogP contribution in [0, 0.1) is 12.8 Å². The Kier molecular flexibility index (Phi) is 5.78. The summed E-state index contributed by atoms with van der Waals surface area (Å²) in [6.45, 7) is 4.29. The van der Waals surface area contributed by atoms with Crippen LogP contribution in [-0.2, 0) is 11.8 Å². The van der Waals surface area contributed by atoms with Gasteiger partial charge in [-0.3, -0.25) is 4.79 Å². The number of hydrogen-bond acceptors (Lipinski definition) is 4. The minimum Gasteiger partial charge on any atom is -0.352 e. The van der Waals surface area contributed by atoms with E-state index < -0.39 is 0 Å². The minimum absolute atomic E-state index is 0.0869. The highest BCUT2D eigenvalue weighted by molar-refractivity contribution is 7.99. The minimum atomic E-state index is 0.0869. The van der Waals surface area contributed by atoms with Crippen LogP contribution < -0.4 is 5.32 Å². The van der Waals surface area contributed by atoms with Crippen LogP contribution in [0.2, 0.25) is 0 Å².